The summed E-state index contributed by atoms with van der Waals surface area (Å²) in [7, 11) is 0. The average molecular weight is 345 g/mol. The van der Waals surface area contributed by atoms with E-state index < -0.39 is 11.5 Å². The molecule has 1 heterocycles. The molecule has 1 unspecified atom stereocenters. The predicted octanol–water partition coefficient (Wildman–Crippen LogP) is 1.95. The molecule has 1 aromatic rings. The molecule has 1 N–H and O–H groups in total. The molecule has 25 heavy (non-hydrogen) atoms. The van der Waals surface area contributed by atoms with Gasteiger partial charge in [-0.25, -0.2) is 0 Å². The van der Waals surface area contributed by atoms with Crippen molar-refractivity contribution in [2.75, 3.05) is 13.2 Å². The number of carbonyl (C=O) groups is 3. The number of ketones is 1. The number of rotatable bonds is 6. The van der Waals surface area contributed by atoms with Crippen LogP contribution in [0.15, 0.2) is 24.3 Å². The van der Waals surface area contributed by atoms with Gasteiger partial charge in [0.05, 0.1) is 12.0 Å². The van der Waals surface area contributed by atoms with Gasteiger partial charge in [0.2, 0.25) is 11.8 Å². The minimum absolute atomic E-state index is 0.0243. The van der Waals surface area contributed by atoms with Crippen molar-refractivity contribution in [2.45, 2.75) is 45.1 Å². The molecule has 1 atom stereocenters. The van der Waals surface area contributed by atoms with E-state index in [0.29, 0.717) is 11.3 Å². The summed E-state index contributed by atoms with van der Waals surface area (Å²) >= 11 is 0. The Hall–Kier alpha value is -2.21. The maximum absolute atomic E-state index is 12.6. The Labute approximate surface area is 146 Å². The number of likely N-dealkylation sites (tertiary alicyclic amines) is 1. The summed E-state index contributed by atoms with van der Waals surface area (Å²) in [6.07, 6.45) is 2.82. The molecule has 6 nitrogen and oxygen atoms in total. The van der Waals surface area contributed by atoms with Crippen LogP contribution in [-0.2, 0) is 9.59 Å². The zero-order chi connectivity index (χ0) is 18.0. The van der Waals surface area contributed by atoms with Crippen LogP contribution in [-0.4, -0.2) is 46.9 Å². The van der Waals surface area contributed by atoms with Crippen LogP contribution in [0, 0.1) is 5.41 Å². The average Bonchev–Trinajstić information content (AvgIpc) is 3.14. The van der Waals surface area contributed by atoms with E-state index in [1.165, 1.54) is 11.8 Å². The van der Waals surface area contributed by atoms with Crippen LogP contribution >= 0.6 is 0 Å². The number of Topliss-reactive ketones (excluding diaryl/α,β-unsaturated/α-hetero) is 1. The first-order valence-corrected chi connectivity index (χ1v) is 8.68. The van der Waals surface area contributed by atoms with Crippen LogP contribution in [0.1, 0.15) is 49.4 Å². The van der Waals surface area contributed by atoms with Crippen molar-refractivity contribution in [2.24, 2.45) is 5.41 Å². The summed E-state index contributed by atoms with van der Waals surface area (Å²) in [5, 5.41) is 10.2. The van der Waals surface area contributed by atoms with E-state index in [2.05, 4.69) is 0 Å². The summed E-state index contributed by atoms with van der Waals surface area (Å²) in [5.41, 5.74) is 0.0724. The van der Waals surface area contributed by atoms with Crippen molar-refractivity contribution in [1.82, 2.24) is 4.90 Å². The summed E-state index contributed by atoms with van der Waals surface area (Å²) < 4.78 is 5.49. The van der Waals surface area contributed by atoms with Crippen molar-refractivity contribution in [3.05, 3.63) is 29.8 Å². The smallest absolute Gasteiger partial charge is 0.235 e. The molecule has 134 valence electrons. The molecule has 1 spiro atoms. The topological polar surface area (TPSA) is 83.9 Å². The lowest BCUT2D eigenvalue weighted by molar-refractivity contribution is -0.143. The van der Waals surface area contributed by atoms with Gasteiger partial charge in [-0.15, -0.1) is 0 Å². The minimum atomic E-state index is -0.947. The Bertz CT molecular complexity index is 676. The second-order valence-corrected chi connectivity index (χ2v) is 7.02. The third-order valence-electron chi connectivity index (χ3n) is 5.15. The molecular formula is C19H23NO5. The third-order valence-corrected chi connectivity index (χ3v) is 5.15. The maximum atomic E-state index is 12.6. The molecule has 1 aliphatic carbocycles. The van der Waals surface area contributed by atoms with Gasteiger partial charge < -0.3 is 9.84 Å². The number of hydrogen-bond donors (Lipinski definition) is 1. The van der Waals surface area contributed by atoms with Gasteiger partial charge in [-0.05, 0) is 44.0 Å². The van der Waals surface area contributed by atoms with Gasteiger partial charge >= 0.3 is 0 Å². The second kappa shape index (κ2) is 6.96. The molecule has 2 aliphatic rings. The van der Waals surface area contributed by atoms with E-state index in [1.807, 2.05) is 0 Å². The van der Waals surface area contributed by atoms with Crippen molar-refractivity contribution in [1.29, 1.82) is 0 Å². The number of benzene rings is 1. The van der Waals surface area contributed by atoms with Crippen LogP contribution < -0.4 is 4.74 Å². The summed E-state index contributed by atoms with van der Waals surface area (Å²) in [5.74, 6) is 0.158. The zero-order valence-electron chi connectivity index (χ0n) is 14.4. The summed E-state index contributed by atoms with van der Waals surface area (Å²) in [4.78, 5) is 37.2. The van der Waals surface area contributed by atoms with Gasteiger partial charge in [0.15, 0.2) is 5.78 Å². The van der Waals surface area contributed by atoms with Crippen molar-refractivity contribution in [3.8, 4) is 5.75 Å². The molecule has 3 rings (SSSR count). The molecule has 1 saturated heterocycles. The Balaban J connectivity index is 1.54. The lowest BCUT2D eigenvalue weighted by Crippen LogP contribution is -2.41. The highest BCUT2D eigenvalue weighted by Crippen LogP contribution is 2.46. The van der Waals surface area contributed by atoms with Crippen LogP contribution in [0.4, 0.5) is 0 Å². The fraction of sp³-hybridized carbons (Fsp3) is 0.526. The Kier molecular flexibility index (Phi) is 4.90. The first-order valence-electron chi connectivity index (χ1n) is 8.68. The van der Waals surface area contributed by atoms with Crippen LogP contribution in [0.2, 0.25) is 0 Å². The van der Waals surface area contributed by atoms with E-state index in [9.17, 15) is 19.5 Å². The molecule has 6 heteroatoms. The summed E-state index contributed by atoms with van der Waals surface area (Å²) in [6.45, 7) is 1.43. The Morgan fingerprint density at radius 1 is 1.24 bits per heavy atom. The van der Waals surface area contributed by atoms with Crippen molar-refractivity contribution >= 4 is 17.6 Å². The lowest BCUT2D eigenvalue weighted by atomic mass is 9.84. The minimum Gasteiger partial charge on any atom is -0.491 e. The third kappa shape index (κ3) is 3.58. The molecule has 1 aliphatic heterocycles. The van der Waals surface area contributed by atoms with Gasteiger partial charge in [-0.1, -0.05) is 12.8 Å². The fourth-order valence-corrected chi connectivity index (χ4v) is 3.73. The predicted molar refractivity (Wildman–Crippen MR) is 90.2 cm³/mol. The number of hydrogen-bond acceptors (Lipinski definition) is 5. The molecule has 0 radical (unpaired) electrons. The van der Waals surface area contributed by atoms with Crippen LogP contribution in [0.5, 0.6) is 5.75 Å². The quantitative estimate of drug-likeness (QED) is 0.629. The first kappa shape index (κ1) is 17.6. The van der Waals surface area contributed by atoms with Gasteiger partial charge in [-0.3, -0.25) is 19.3 Å². The van der Waals surface area contributed by atoms with Crippen molar-refractivity contribution in [3.63, 3.8) is 0 Å². The highest BCUT2D eigenvalue weighted by molar-refractivity contribution is 6.06. The van der Waals surface area contributed by atoms with E-state index in [-0.39, 0.29) is 37.2 Å². The standard InChI is InChI=1S/C19H23NO5/c1-13(21)14-4-6-16(7-5-14)25-12-15(22)11-20-17(23)10-19(18(20)24)8-2-3-9-19/h4-7,15,22H,2-3,8-12H2,1H3. The monoisotopic (exact) mass is 345 g/mol. The largest absolute Gasteiger partial charge is 0.491 e. The fourth-order valence-electron chi connectivity index (χ4n) is 3.73. The number of aliphatic hydroxyl groups is 1. The van der Waals surface area contributed by atoms with Gasteiger partial charge in [0.25, 0.3) is 0 Å². The molecule has 1 aromatic carbocycles. The van der Waals surface area contributed by atoms with Gasteiger partial charge in [0, 0.05) is 12.0 Å². The number of ether oxygens (including phenoxy) is 1. The Morgan fingerprint density at radius 3 is 2.48 bits per heavy atom. The maximum Gasteiger partial charge on any atom is 0.235 e. The summed E-state index contributed by atoms with van der Waals surface area (Å²) in [6, 6.07) is 6.62. The SMILES string of the molecule is CC(=O)c1ccc(OCC(O)CN2C(=O)CC3(CCCC3)C2=O)cc1. The van der Waals surface area contributed by atoms with E-state index in [0.717, 1.165) is 25.7 Å². The number of carbonyl (C=O) groups excluding carboxylic acids is 3. The Morgan fingerprint density at radius 2 is 1.88 bits per heavy atom. The second-order valence-electron chi connectivity index (χ2n) is 7.02. The molecule has 0 aromatic heterocycles. The normalized spacial score (nSPS) is 20.3. The van der Waals surface area contributed by atoms with E-state index in [1.54, 1.807) is 24.3 Å². The number of nitrogens with zero attached hydrogens (tertiary/aromatic N) is 1. The lowest BCUT2D eigenvalue weighted by Gasteiger charge is -2.23. The first-order chi connectivity index (χ1) is 11.9. The number of aliphatic hydroxyl groups excluding tert-OH is 1. The van der Waals surface area contributed by atoms with Crippen molar-refractivity contribution < 1.29 is 24.2 Å². The number of β-amino-alcohol motifs (C(OH)–C–C–N with tert-alkyl or cyclic N) is 1. The highest BCUT2D eigenvalue weighted by atomic mass is 16.5. The van der Waals surface area contributed by atoms with E-state index >= 15 is 0 Å². The van der Waals surface area contributed by atoms with E-state index in [4.69, 9.17) is 4.74 Å². The number of amides is 2. The zero-order valence-corrected chi connectivity index (χ0v) is 14.4. The molecule has 0 bridgehead atoms. The molecule has 2 amide bonds. The van der Waals surface area contributed by atoms with Crippen LogP contribution in [0.25, 0.3) is 0 Å². The molecule has 1 saturated carbocycles. The van der Waals surface area contributed by atoms with Crippen LogP contribution in [0.3, 0.4) is 0 Å². The highest BCUT2D eigenvalue weighted by Gasteiger charge is 2.52. The number of imide groups is 1. The molecule has 2 fully saturated rings. The molecular weight excluding hydrogens is 322 g/mol. The van der Waals surface area contributed by atoms with Gasteiger partial charge in [-0.2, -0.15) is 0 Å². The van der Waals surface area contributed by atoms with Gasteiger partial charge in [0.1, 0.15) is 18.5 Å².